The summed E-state index contributed by atoms with van der Waals surface area (Å²) in [6, 6.07) is 10.6. The van der Waals surface area contributed by atoms with Crippen LogP contribution in [0.1, 0.15) is 50.5 Å². The molecular formula is C15H21ClO. The first kappa shape index (κ1) is 14.2. The largest absolute Gasteiger partial charge is 0.281 e. The lowest BCUT2D eigenvalue weighted by atomic mass is 10.0. The maximum absolute atomic E-state index is 10.5. The number of benzene rings is 1. The van der Waals surface area contributed by atoms with Crippen molar-refractivity contribution < 1.29 is 4.79 Å². The molecule has 0 aliphatic carbocycles. The Kier molecular flexibility index (Phi) is 7.74. The molecule has 2 heteroatoms. The highest BCUT2D eigenvalue weighted by molar-refractivity contribution is 6.63. The Morgan fingerprint density at radius 3 is 2.12 bits per heavy atom. The lowest BCUT2D eigenvalue weighted by Crippen LogP contribution is -1.88. The zero-order valence-corrected chi connectivity index (χ0v) is 11.1. The standard InChI is InChI=1S/C15H21ClO/c16-15(17)13-9-4-2-1-3-6-10-14-11-7-5-8-12-14/h5,7-8,11-12H,1-4,6,9-10,13H2. The van der Waals surface area contributed by atoms with E-state index in [1.165, 1.54) is 37.7 Å². The van der Waals surface area contributed by atoms with Gasteiger partial charge in [-0.05, 0) is 36.4 Å². The molecular weight excluding hydrogens is 232 g/mol. The smallest absolute Gasteiger partial charge is 0.221 e. The van der Waals surface area contributed by atoms with Crippen LogP contribution in [0.4, 0.5) is 0 Å². The Hall–Kier alpha value is -0.820. The van der Waals surface area contributed by atoms with Crippen LogP contribution in [0.25, 0.3) is 0 Å². The molecule has 0 saturated heterocycles. The molecule has 0 spiro atoms. The van der Waals surface area contributed by atoms with E-state index in [0.717, 1.165) is 12.8 Å². The van der Waals surface area contributed by atoms with Gasteiger partial charge in [0.05, 0.1) is 0 Å². The van der Waals surface area contributed by atoms with Gasteiger partial charge in [-0.25, -0.2) is 0 Å². The minimum absolute atomic E-state index is 0.200. The summed E-state index contributed by atoms with van der Waals surface area (Å²) in [5.41, 5.74) is 1.43. The first-order valence-corrected chi connectivity index (χ1v) is 6.89. The minimum Gasteiger partial charge on any atom is -0.281 e. The van der Waals surface area contributed by atoms with E-state index in [1.807, 2.05) is 0 Å². The predicted octanol–water partition coefficient (Wildman–Crippen LogP) is 4.73. The van der Waals surface area contributed by atoms with Crippen LogP contribution in [-0.2, 0) is 11.2 Å². The molecule has 1 aromatic carbocycles. The van der Waals surface area contributed by atoms with Gasteiger partial charge in [0.2, 0.25) is 5.24 Å². The van der Waals surface area contributed by atoms with Crippen molar-refractivity contribution in [3.8, 4) is 0 Å². The molecule has 0 N–H and O–H groups in total. The van der Waals surface area contributed by atoms with Crippen LogP contribution >= 0.6 is 11.6 Å². The molecule has 0 fully saturated rings. The normalized spacial score (nSPS) is 10.4. The molecule has 94 valence electrons. The molecule has 0 saturated carbocycles. The van der Waals surface area contributed by atoms with Crippen LogP contribution in [0.15, 0.2) is 30.3 Å². The number of aryl methyl sites for hydroxylation is 1. The lowest BCUT2D eigenvalue weighted by molar-refractivity contribution is -0.111. The Morgan fingerprint density at radius 1 is 0.882 bits per heavy atom. The van der Waals surface area contributed by atoms with E-state index in [-0.39, 0.29) is 5.24 Å². The van der Waals surface area contributed by atoms with Crippen molar-refractivity contribution in [3.63, 3.8) is 0 Å². The summed E-state index contributed by atoms with van der Waals surface area (Å²) in [4.78, 5) is 10.5. The summed E-state index contributed by atoms with van der Waals surface area (Å²) in [6.07, 6.45) is 8.82. The van der Waals surface area contributed by atoms with Gasteiger partial charge in [0, 0.05) is 6.42 Å². The topological polar surface area (TPSA) is 17.1 Å². The zero-order chi connectivity index (χ0) is 12.3. The van der Waals surface area contributed by atoms with E-state index in [0.29, 0.717) is 6.42 Å². The number of hydrogen-bond acceptors (Lipinski definition) is 1. The van der Waals surface area contributed by atoms with Crippen LogP contribution in [0.3, 0.4) is 0 Å². The first-order valence-electron chi connectivity index (χ1n) is 6.51. The number of carbonyl (C=O) groups excluding carboxylic acids is 1. The molecule has 0 aromatic heterocycles. The maximum atomic E-state index is 10.5. The summed E-state index contributed by atoms with van der Waals surface area (Å²) >= 11 is 5.27. The predicted molar refractivity (Wildman–Crippen MR) is 73.3 cm³/mol. The third kappa shape index (κ3) is 7.98. The highest BCUT2D eigenvalue weighted by Crippen LogP contribution is 2.10. The first-order chi connectivity index (χ1) is 8.29. The summed E-state index contributed by atoms with van der Waals surface area (Å²) in [5, 5.41) is -0.200. The van der Waals surface area contributed by atoms with Crippen LogP contribution in [0, 0.1) is 0 Å². The summed E-state index contributed by atoms with van der Waals surface area (Å²) in [7, 11) is 0. The Balaban J connectivity index is 1.90. The van der Waals surface area contributed by atoms with Crippen molar-refractivity contribution in [2.45, 2.75) is 51.4 Å². The summed E-state index contributed by atoms with van der Waals surface area (Å²) in [6.45, 7) is 0. The van der Waals surface area contributed by atoms with Crippen LogP contribution < -0.4 is 0 Å². The molecule has 0 bridgehead atoms. The molecule has 0 atom stereocenters. The third-order valence-electron chi connectivity index (χ3n) is 2.93. The zero-order valence-electron chi connectivity index (χ0n) is 10.3. The molecule has 1 aromatic rings. The van der Waals surface area contributed by atoms with E-state index >= 15 is 0 Å². The number of halogens is 1. The average molecular weight is 253 g/mol. The summed E-state index contributed by atoms with van der Waals surface area (Å²) < 4.78 is 0. The van der Waals surface area contributed by atoms with Gasteiger partial charge >= 0.3 is 0 Å². The second-order valence-electron chi connectivity index (χ2n) is 4.46. The van der Waals surface area contributed by atoms with E-state index in [9.17, 15) is 4.79 Å². The molecule has 17 heavy (non-hydrogen) atoms. The number of carbonyl (C=O) groups is 1. The lowest BCUT2D eigenvalue weighted by Gasteiger charge is -2.02. The third-order valence-corrected chi connectivity index (χ3v) is 3.12. The van der Waals surface area contributed by atoms with Gasteiger partial charge in [0.25, 0.3) is 0 Å². The van der Waals surface area contributed by atoms with E-state index in [2.05, 4.69) is 30.3 Å². The molecule has 1 rings (SSSR count). The highest BCUT2D eigenvalue weighted by atomic mass is 35.5. The quantitative estimate of drug-likeness (QED) is 0.459. The van der Waals surface area contributed by atoms with Crippen molar-refractivity contribution in [1.82, 2.24) is 0 Å². The van der Waals surface area contributed by atoms with Gasteiger partial charge in [0.1, 0.15) is 0 Å². The maximum Gasteiger partial charge on any atom is 0.221 e. The molecule has 0 radical (unpaired) electrons. The van der Waals surface area contributed by atoms with Crippen molar-refractivity contribution in [3.05, 3.63) is 35.9 Å². The fourth-order valence-corrected chi connectivity index (χ4v) is 2.08. The van der Waals surface area contributed by atoms with Gasteiger partial charge in [-0.1, -0.05) is 56.0 Å². The van der Waals surface area contributed by atoms with Gasteiger partial charge in [-0.2, -0.15) is 0 Å². The minimum atomic E-state index is -0.200. The van der Waals surface area contributed by atoms with Crippen molar-refractivity contribution in [2.75, 3.05) is 0 Å². The van der Waals surface area contributed by atoms with Crippen LogP contribution in [0.5, 0.6) is 0 Å². The van der Waals surface area contributed by atoms with Gasteiger partial charge in [-0.15, -0.1) is 0 Å². The van der Waals surface area contributed by atoms with E-state index in [1.54, 1.807) is 0 Å². The van der Waals surface area contributed by atoms with Crippen LogP contribution in [-0.4, -0.2) is 5.24 Å². The van der Waals surface area contributed by atoms with Crippen molar-refractivity contribution in [1.29, 1.82) is 0 Å². The Labute approximate surface area is 109 Å². The number of hydrogen-bond donors (Lipinski definition) is 0. The molecule has 0 unspecified atom stereocenters. The Morgan fingerprint density at radius 2 is 1.47 bits per heavy atom. The highest BCUT2D eigenvalue weighted by Gasteiger charge is 1.96. The van der Waals surface area contributed by atoms with Crippen LogP contribution in [0.2, 0.25) is 0 Å². The van der Waals surface area contributed by atoms with Gasteiger partial charge < -0.3 is 0 Å². The number of unbranched alkanes of at least 4 members (excludes halogenated alkanes) is 5. The van der Waals surface area contributed by atoms with E-state index in [4.69, 9.17) is 11.6 Å². The SMILES string of the molecule is O=C(Cl)CCCCCCCCc1ccccc1. The molecule has 0 amide bonds. The monoisotopic (exact) mass is 252 g/mol. The molecule has 0 aliphatic heterocycles. The number of rotatable bonds is 9. The second kappa shape index (κ2) is 9.23. The Bertz CT molecular complexity index is 308. The van der Waals surface area contributed by atoms with Gasteiger partial charge in [0.15, 0.2) is 0 Å². The fourth-order valence-electron chi connectivity index (χ4n) is 1.94. The van der Waals surface area contributed by atoms with Gasteiger partial charge in [-0.3, -0.25) is 4.79 Å². The molecule has 0 heterocycles. The average Bonchev–Trinajstić information content (AvgIpc) is 2.33. The molecule has 1 nitrogen and oxygen atoms in total. The molecule has 0 aliphatic rings. The van der Waals surface area contributed by atoms with E-state index < -0.39 is 0 Å². The fraction of sp³-hybridized carbons (Fsp3) is 0.533. The summed E-state index contributed by atoms with van der Waals surface area (Å²) in [5.74, 6) is 0. The second-order valence-corrected chi connectivity index (χ2v) is 4.88. The van der Waals surface area contributed by atoms with Crippen molar-refractivity contribution >= 4 is 16.8 Å². The van der Waals surface area contributed by atoms with Crippen molar-refractivity contribution in [2.24, 2.45) is 0 Å².